The predicted molar refractivity (Wildman–Crippen MR) is 95.4 cm³/mol. The second kappa shape index (κ2) is 7.05. The van der Waals surface area contributed by atoms with Gasteiger partial charge in [-0.3, -0.25) is 9.59 Å². The van der Waals surface area contributed by atoms with Crippen molar-refractivity contribution in [3.63, 3.8) is 0 Å². The Labute approximate surface area is 148 Å². The van der Waals surface area contributed by atoms with Crippen LogP contribution < -0.4 is 15.0 Å². The zero-order chi connectivity index (χ0) is 17.1. The number of hydrogen-bond donors (Lipinski definition) is 1. The highest BCUT2D eigenvalue weighted by Gasteiger charge is 2.31. The van der Waals surface area contributed by atoms with Crippen molar-refractivity contribution in [2.75, 3.05) is 18.6 Å². The van der Waals surface area contributed by atoms with E-state index < -0.39 is 0 Å². The van der Waals surface area contributed by atoms with Crippen LogP contribution in [0.15, 0.2) is 53.0 Å². The first-order valence-electron chi connectivity index (χ1n) is 7.58. The number of carbonyl (C=O) groups excluding carboxylic acids is 2. The van der Waals surface area contributed by atoms with Crippen molar-refractivity contribution in [3.8, 4) is 5.75 Å². The first-order valence-corrected chi connectivity index (χ1v) is 8.37. The highest BCUT2D eigenvalue weighted by atomic mass is 79.9. The van der Waals surface area contributed by atoms with Crippen LogP contribution in [-0.4, -0.2) is 31.5 Å². The maximum atomic E-state index is 12.4. The van der Waals surface area contributed by atoms with Gasteiger partial charge < -0.3 is 15.0 Å². The van der Waals surface area contributed by atoms with Gasteiger partial charge in [0.25, 0.3) is 5.91 Å². The lowest BCUT2D eigenvalue weighted by Gasteiger charge is -2.17. The van der Waals surface area contributed by atoms with Gasteiger partial charge in [-0.15, -0.1) is 0 Å². The number of carbonyl (C=O) groups is 2. The first kappa shape index (κ1) is 16.5. The highest BCUT2D eigenvalue weighted by Crippen LogP contribution is 2.24. The average molecular weight is 389 g/mol. The number of rotatable bonds is 4. The minimum atomic E-state index is -0.209. The molecule has 0 bridgehead atoms. The van der Waals surface area contributed by atoms with Crippen molar-refractivity contribution < 1.29 is 14.3 Å². The number of benzene rings is 2. The van der Waals surface area contributed by atoms with E-state index in [1.165, 1.54) is 0 Å². The highest BCUT2D eigenvalue weighted by molar-refractivity contribution is 9.10. The molecule has 1 N–H and O–H groups in total. The van der Waals surface area contributed by atoms with Crippen LogP contribution in [0.1, 0.15) is 16.8 Å². The lowest BCUT2D eigenvalue weighted by molar-refractivity contribution is -0.117. The number of nitrogens with one attached hydrogen (secondary N) is 1. The van der Waals surface area contributed by atoms with E-state index in [-0.39, 0.29) is 17.9 Å². The summed E-state index contributed by atoms with van der Waals surface area (Å²) in [4.78, 5) is 26.3. The van der Waals surface area contributed by atoms with Gasteiger partial charge in [0.05, 0.1) is 18.7 Å². The van der Waals surface area contributed by atoms with E-state index in [1.807, 2.05) is 42.5 Å². The summed E-state index contributed by atoms with van der Waals surface area (Å²) >= 11 is 3.37. The topological polar surface area (TPSA) is 58.6 Å². The summed E-state index contributed by atoms with van der Waals surface area (Å²) in [6, 6.07) is 14.3. The Balaban J connectivity index is 1.68. The van der Waals surface area contributed by atoms with Gasteiger partial charge in [0.2, 0.25) is 5.91 Å². The number of halogens is 1. The first-order chi connectivity index (χ1) is 11.6. The molecule has 124 valence electrons. The molecule has 1 heterocycles. The van der Waals surface area contributed by atoms with E-state index in [0.717, 1.165) is 15.9 Å². The van der Waals surface area contributed by atoms with Crippen LogP contribution in [0.3, 0.4) is 0 Å². The molecule has 0 aliphatic carbocycles. The number of methoxy groups -OCH3 is 1. The van der Waals surface area contributed by atoms with Crippen molar-refractivity contribution in [3.05, 3.63) is 58.6 Å². The summed E-state index contributed by atoms with van der Waals surface area (Å²) < 4.78 is 5.86. The van der Waals surface area contributed by atoms with Gasteiger partial charge in [0.15, 0.2) is 0 Å². The molecule has 0 aromatic heterocycles. The van der Waals surface area contributed by atoms with E-state index in [1.54, 1.807) is 18.1 Å². The molecule has 0 spiro atoms. The van der Waals surface area contributed by atoms with E-state index in [0.29, 0.717) is 18.5 Å². The molecule has 0 unspecified atom stereocenters. The minimum Gasteiger partial charge on any atom is -0.497 e. The normalized spacial score (nSPS) is 17.0. The third-order valence-electron chi connectivity index (χ3n) is 3.96. The van der Waals surface area contributed by atoms with Crippen LogP contribution in [0.2, 0.25) is 0 Å². The Morgan fingerprint density at radius 3 is 2.58 bits per heavy atom. The SMILES string of the molecule is COc1ccc(N2C[C@@H](NC(=O)c3ccccc3Br)CC2=O)cc1. The molecule has 0 radical (unpaired) electrons. The Morgan fingerprint density at radius 2 is 1.92 bits per heavy atom. The van der Waals surface area contributed by atoms with Crippen molar-refractivity contribution in [1.82, 2.24) is 5.32 Å². The van der Waals surface area contributed by atoms with Gasteiger partial charge in [-0.05, 0) is 52.3 Å². The van der Waals surface area contributed by atoms with Crippen molar-refractivity contribution >= 4 is 33.4 Å². The zero-order valence-corrected chi connectivity index (χ0v) is 14.7. The third kappa shape index (κ3) is 3.43. The summed E-state index contributed by atoms with van der Waals surface area (Å²) in [5.41, 5.74) is 1.37. The Bertz CT molecular complexity index is 761. The van der Waals surface area contributed by atoms with Gasteiger partial charge in [-0.2, -0.15) is 0 Å². The molecule has 24 heavy (non-hydrogen) atoms. The maximum Gasteiger partial charge on any atom is 0.252 e. The van der Waals surface area contributed by atoms with Crippen LogP contribution in [0.5, 0.6) is 5.75 Å². The standard InChI is InChI=1S/C18H17BrN2O3/c1-24-14-8-6-13(7-9-14)21-11-12(10-17(21)22)20-18(23)15-4-2-3-5-16(15)19/h2-9,12H,10-11H2,1H3,(H,20,23)/t12-/m0/s1. The summed E-state index contributed by atoms with van der Waals surface area (Å²) in [7, 11) is 1.60. The fraction of sp³-hybridized carbons (Fsp3) is 0.222. The summed E-state index contributed by atoms with van der Waals surface area (Å²) in [5.74, 6) is 0.554. The summed E-state index contributed by atoms with van der Waals surface area (Å²) in [5, 5.41) is 2.93. The third-order valence-corrected chi connectivity index (χ3v) is 4.65. The van der Waals surface area contributed by atoms with Crippen molar-refractivity contribution in [2.45, 2.75) is 12.5 Å². The molecule has 6 heteroatoms. The van der Waals surface area contributed by atoms with Crippen LogP contribution in [0.25, 0.3) is 0 Å². The fourth-order valence-corrected chi connectivity index (χ4v) is 3.19. The van der Waals surface area contributed by atoms with Crippen molar-refractivity contribution in [1.29, 1.82) is 0 Å². The molecular formula is C18H17BrN2O3. The average Bonchev–Trinajstić information content (AvgIpc) is 2.95. The van der Waals surface area contributed by atoms with Crippen LogP contribution in [0.4, 0.5) is 5.69 Å². The lowest BCUT2D eigenvalue weighted by Crippen LogP contribution is -2.37. The summed E-state index contributed by atoms with van der Waals surface area (Å²) in [6.45, 7) is 0.460. The van der Waals surface area contributed by atoms with Gasteiger partial charge >= 0.3 is 0 Å². The Morgan fingerprint density at radius 1 is 1.21 bits per heavy atom. The minimum absolute atomic E-state index is 0.00223. The van der Waals surface area contributed by atoms with E-state index >= 15 is 0 Å². The van der Waals surface area contributed by atoms with Crippen LogP contribution in [0, 0.1) is 0 Å². The monoisotopic (exact) mass is 388 g/mol. The molecule has 2 aromatic carbocycles. The molecule has 2 amide bonds. The zero-order valence-electron chi connectivity index (χ0n) is 13.2. The van der Waals surface area contributed by atoms with E-state index in [2.05, 4.69) is 21.2 Å². The number of anilines is 1. The smallest absolute Gasteiger partial charge is 0.252 e. The van der Waals surface area contributed by atoms with Gasteiger partial charge in [0, 0.05) is 23.1 Å². The predicted octanol–water partition coefficient (Wildman–Crippen LogP) is 2.99. The number of amides is 2. The molecule has 5 nitrogen and oxygen atoms in total. The molecule has 2 aromatic rings. The Kier molecular flexibility index (Phi) is 4.85. The molecule has 1 aliphatic rings. The van der Waals surface area contributed by atoms with Crippen molar-refractivity contribution in [2.24, 2.45) is 0 Å². The van der Waals surface area contributed by atoms with Gasteiger partial charge in [-0.25, -0.2) is 0 Å². The second-order valence-corrected chi connectivity index (χ2v) is 6.41. The second-order valence-electron chi connectivity index (χ2n) is 5.56. The van der Waals surface area contributed by atoms with E-state index in [9.17, 15) is 9.59 Å². The molecule has 1 fully saturated rings. The van der Waals surface area contributed by atoms with Crippen LogP contribution >= 0.6 is 15.9 Å². The lowest BCUT2D eigenvalue weighted by atomic mass is 10.2. The molecule has 1 atom stereocenters. The largest absolute Gasteiger partial charge is 0.497 e. The van der Waals surface area contributed by atoms with Crippen LogP contribution in [-0.2, 0) is 4.79 Å². The number of ether oxygens (including phenoxy) is 1. The van der Waals surface area contributed by atoms with Gasteiger partial charge in [-0.1, -0.05) is 12.1 Å². The van der Waals surface area contributed by atoms with Gasteiger partial charge in [0.1, 0.15) is 5.75 Å². The Hall–Kier alpha value is -2.34. The molecule has 3 rings (SSSR count). The van der Waals surface area contributed by atoms with E-state index in [4.69, 9.17) is 4.74 Å². The summed E-state index contributed by atoms with van der Waals surface area (Å²) in [6.07, 6.45) is 0.294. The number of nitrogens with zero attached hydrogens (tertiary/aromatic N) is 1. The molecule has 1 saturated heterocycles. The maximum absolute atomic E-state index is 12.4. The molecule has 0 saturated carbocycles. The fourth-order valence-electron chi connectivity index (χ4n) is 2.72. The quantitative estimate of drug-likeness (QED) is 0.875. The molecule has 1 aliphatic heterocycles. The molecular weight excluding hydrogens is 372 g/mol. The number of hydrogen-bond acceptors (Lipinski definition) is 3.